The van der Waals surface area contributed by atoms with Crippen LogP contribution in [0.4, 0.5) is 0 Å². The second-order valence-electron chi connectivity index (χ2n) is 8.87. The molecule has 0 radical (unpaired) electrons. The van der Waals surface area contributed by atoms with Crippen LogP contribution in [0.15, 0.2) is 65.7 Å². The van der Waals surface area contributed by atoms with Crippen LogP contribution in [0.2, 0.25) is 0 Å². The highest BCUT2D eigenvalue weighted by Gasteiger charge is 2.24. The average Bonchev–Trinajstić information content (AvgIpc) is 3.39. The summed E-state index contributed by atoms with van der Waals surface area (Å²) in [7, 11) is 0. The van der Waals surface area contributed by atoms with Gasteiger partial charge in [-0.25, -0.2) is 4.99 Å². The number of rotatable bonds is 2. The Hall–Kier alpha value is -3.43. The quantitative estimate of drug-likeness (QED) is 0.293. The van der Waals surface area contributed by atoms with Crippen molar-refractivity contribution in [1.29, 1.82) is 0 Å². The predicted molar refractivity (Wildman–Crippen MR) is 139 cm³/mol. The predicted octanol–water partition coefficient (Wildman–Crippen LogP) is 7.97. The lowest BCUT2D eigenvalue weighted by atomic mass is 9.91. The van der Waals surface area contributed by atoms with E-state index in [0.29, 0.717) is 0 Å². The van der Waals surface area contributed by atoms with E-state index in [4.69, 9.17) is 4.99 Å². The van der Waals surface area contributed by atoms with Gasteiger partial charge in [0.15, 0.2) is 0 Å². The molecular weight excluding hydrogens is 408 g/mol. The summed E-state index contributed by atoms with van der Waals surface area (Å²) in [6, 6.07) is 22.0. The number of fused-ring (bicyclic) bond motifs is 4. The molecule has 0 saturated heterocycles. The molecule has 2 aromatic heterocycles. The number of aromatic amines is 1. The molecule has 0 amide bonds. The van der Waals surface area contributed by atoms with Gasteiger partial charge in [0, 0.05) is 32.5 Å². The Morgan fingerprint density at radius 2 is 1.56 bits per heavy atom. The number of nitrogens with zero attached hydrogens (tertiary/aromatic N) is 1. The van der Waals surface area contributed by atoms with E-state index in [0.717, 1.165) is 17.1 Å². The third-order valence-corrected chi connectivity index (χ3v) is 7.44. The van der Waals surface area contributed by atoms with Crippen LogP contribution >= 0.6 is 11.3 Å². The number of hydrogen-bond donors (Lipinski definition) is 1. The van der Waals surface area contributed by atoms with Gasteiger partial charge in [0.1, 0.15) is 0 Å². The summed E-state index contributed by atoms with van der Waals surface area (Å²) in [5.41, 5.74) is 13.2. The minimum Gasteiger partial charge on any atom is -0.354 e. The Balaban J connectivity index is 1.54. The fraction of sp³-hybridized carbons (Fsp3) is 0.138. The molecule has 5 aromatic rings. The third kappa shape index (κ3) is 2.96. The number of hydrogen-bond acceptors (Lipinski definition) is 2. The van der Waals surface area contributed by atoms with Crippen LogP contribution in [0.25, 0.3) is 32.1 Å². The van der Waals surface area contributed by atoms with E-state index in [1.165, 1.54) is 59.2 Å². The lowest BCUT2D eigenvalue weighted by molar-refractivity contribution is 1.30. The highest BCUT2D eigenvalue weighted by Crippen LogP contribution is 2.38. The van der Waals surface area contributed by atoms with Crippen LogP contribution in [-0.2, 0) is 0 Å². The van der Waals surface area contributed by atoms with Crippen molar-refractivity contribution in [2.24, 2.45) is 4.99 Å². The molecule has 0 fully saturated rings. The summed E-state index contributed by atoms with van der Waals surface area (Å²) in [4.78, 5) is 8.83. The normalized spacial score (nSPS) is 14.5. The molecule has 0 atom stereocenters. The maximum Gasteiger partial charge on any atom is 0.0794 e. The molecule has 0 saturated carbocycles. The summed E-state index contributed by atoms with van der Waals surface area (Å²) in [6.07, 6.45) is 2.20. The minimum absolute atomic E-state index is 1.02. The van der Waals surface area contributed by atoms with Gasteiger partial charge < -0.3 is 4.98 Å². The standard InChI is InChI=1S/C29H24N2S/c1-16-9-10-21-23(13-16)29(27-18(3)11-17(2)12-19(27)4)31-24(21)14-20-15-26-28(30-20)22-7-5-6-8-25(22)32-26/h5-15,30H,1-4H3/b24-14-. The Morgan fingerprint density at radius 1 is 0.781 bits per heavy atom. The Kier molecular flexibility index (Phi) is 4.24. The van der Waals surface area contributed by atoms with E-state index in [1.807, 2.05) is 11.3 Å². The first-order valence-corrected chi connectivity index (χ1v) is 11.8. The van der Waals surface area contributed by atoms with Crippen LogP contribution in [0.3, 0.4) is 0 Å². The summed E-state index contributed by atoms with van der Waals surface area (Å²) in [6.45, 7) is 8.70. The van der Waals surface area contributed by atoms with E-state index < -0.39 is 0 Å². The molecule has 32 heavy (non-hydrogen) atoms. The van der Waals surface area contributed by atoms with Crippen molar-refractivity contribution < 1.29 is 0 Å². The highest BCUT2D eigenvalue weighted by molar-refractivity contribution is 7.25. The number of nitrogens with one attached hydrogen (secondary N) is 1. The van der Waals surface area contributed by atoms with E-state index in [2.05, 4.69) is 99.4 Å². The van der Waals surface area contributed by atoms with Gasteiger partial charge in [-0.2, -0.15) is 0 Å². The van der Waals surface area contributed by atoms with Crippen LogP contribution in [-0.4, -0.2) is 10.7 Å². The fourth-order valence-electron chi connectivity index (χ4n) is 5.01. The molecule has 0 bridgehead atoms. The maximum absolute atomic E-state index is 5.19. The van der Waals surface area contributed by atoms with E-state index in [9.17, 15) is 0 Å². The average molecular weight is 433 g/mol. The lowest BCUT2D eigenvalue weighted by Gasteiger charge is -2.12. The molecule has 0 unspecified atom stereocenters. The Labute approximate surface area is 192 Å². The topological polar surface area (TPSA) is 28.1 Å². The molecule has 3 heteroatoms. The minimum atomic E-state index is 1.02. The van der Waals surface area contributed by atoms with Gasteiger partial charge >= 0.3 is 0 Å². The van der Waals surface area contributed by atoms with Crippen LogP contribution in [0.5, 0.6) is 0 Å². The first-order chi connectivity index (χ1) is 15.5. The molecule has 156 valence electrons. The third-order valence-electron chi connectivity index (χ3n) is 6.32. The first kappa shape index (κ1) is 19.3. The number of benzene rings is 3. The summed E-state index contributed by atoms with van der Waals surface area (Å²) >= 11 is 1.83. The number of aryl methyl sites for hydroxylation is 4. The highest BCUT2D eigenvalue weighted by atomic mass is 32.1. The summed E-state index contributed by atoms with van der Waals surface area (Å²) in [5, 5.41) is 1.29. The SMILES string of the molecule is Cc1cc(C)c(C2=N/C(=C\c3cc4sc5ccccc5c4[nH]3)c3ccc(C)cc32)c(C)c1. The van der Waals surface area contributed by atoms with Crippen molar-refractivity contribution in [2.75, 3.05) is 0 Å². The van der Waals surface area contributed by atoms with Crippen molar-refractivity contribution in [3.63, 3.8) is 0 Å². The van der Waals surface area contributed by atoms with Crippen LogP contribution in [0, 0.1) is 27.7 Å². The van der Waals surface area contributed by atoms with Crippen LogP contribution < -0.4 is 0 Å². The molecule has 2 nitrogen and oxygen atoms in total. The lowest BCUT2D eigenvalue weighted by Crippen LogP contribution is -2.06. The zero-order valence-corrected chi connectivity index (χ0v) is 19.5. The van der Waals surface area contributed by atoms with E-state index >= 15 is 0 Å². The smallest absolute Gasteiger partial charge is 0.0794 e. The van der Waals surface area contributed by atoms with Crippen molar-refractivity contribution >= 4 is 49.1 Å². The van der Waals surface area contributed by atoms with Crippen molar-refractivity contribution in [3.8, 4) is 0 Å². The zero-order chi connectivity index (χ0) is 22.0. The van der Waals surface area contributed by atoms with Crippen molar-refractivity contribution in [2.45, 2.75) is 27.7 Å². The maximum atomic E-state index is 5.19. The van der Waals surface area contributed by atoms with Gasteiger partial charge in [0.25, 0.3) is 0 Å². The van der Waals surface area contributed by atoms with Gasteiger partial charge in [-0.05, 0) is 63.1 Å². The van der Waals surface area contributed by atoms with Crippen molar-refractivity contribution in [3.05, 3.63) is 105 Å². The molecule has 0 aliphatic carbocycles. The largest absolute Gasteiger partial charge is 0.354 e. The van der Waals surface area contributed by atoms with Crippen molar-refractivity contribution in [1.82, 2.24) is 4.98 Å². The molecule has 3 heterocycles. The fourth-order valence-corrected chi connectivity index (χ4v) is 6.13. The molecule has 1 aliphatic heterocycles. The number of H-pyrrole nitrogens is 1. The molecule has 1 N–H and O–H groups in total. The van der Waals surface area contributed by atoms with Gasteiger partial charge in [-0.1, -0.05) is 53.6 Å². The number of aliphatic imine (C=N–C) groups is 1. The van der Waals surface area contributed by atoms with Crippen LogP contribution in [0.1, 0.15) is 44.6 Å². The molecule has 3 aromatic carbocycles. The zero-order valence-electron chi connectivity index (χ0n) is 18.7. The number of aromatic nitrogens is 1. The second-order valence-corrected chi connectivity index (χ2v) is 9.96. The number of thiophene rings is 1. The Bertz CT molecular complexity index is 1580. The molecule has 1 aliphatic rings. The van der Waals surface area contributed by atoms with E-state index in [-0.39, 0.29) is 0 Å². The summed E-state index contributed by atoms with van der Waals surface area (Å²) < 4.78 is 2.61. The van der Waals surface area contributed by atoms with Gasteiger partial charge in [0.05, 0.1) is 21.6 Å². The summed E-state index contributed by atoms with van der Waals surface area (Å²) in [5.74, 6) is 0. The molecule has 0 spiro atoms. The molecular formula is C29H24N2S. The first-order valence-electron chi connectivity index (χ1n) is 11.0. The Morgan fingerprint density at radius 3 is 2.38 bits per heavy atom. The van der Waals surface area contributed by atoms with Gasteiger partial charge in [-0.3, -0.25) is 0 Å². The van der Waals surface area contributed by atoms with Gasteiger partial charge in [-0.15, -0.1) is 11.3 Å². The van der Waals surface area contributed by atoms with Gasteiger partial charge in [0.2, 0.25) is 0 Å². The monoisotopic (exact) mass is 432 g/mol. The molecule has 6 rings (SSSR count). The van der Waals surface area contributed by atoms with E-state index in [1.54, 1.807) is 0 Å². The second kappa shape index (κ2) is 7.04.